The maximum atomic E-state index is 10.8. The van der Waals surface area contributed by atoms with Crippen LogP contribution in [0.4, 0.5) is 0 Å². The van der Waals surface area contributed by atoms with Gasteiger partial charge in [0.05, 0.1) is 6.54 Å². The van der Waals surface area contributed by atoms with E-state index in [0.29, 0.717) is 5.75 Å². The van der Waals surface area contributed by atoms with Crippen LogP contribution in [0.15, 0.2) is 24.3 Å². The molecule has 0 saturated carbocycles. The third-order valence-electron chi connectivity index (χ3n) is 1.65. The maximum absolute atomic E-state index is 10.8. The van der Waals surface area contributed by atoms with Crippen molar-refractivity contribution < 1.29 is 9.53 Å². The van der Waals surface area contributed by atoms with Crippen LogP contribution in [-0.4, -0.2) is 18.9 Å². The number of ether oxygens (including phenoxy) is 1. The Labute approximate surface area is 77.5 Å². The minimum Gasteiger partial charge on any atom is -0.486 e. The van der Waals surface area contributed by atoms with Crippen molar-refractivity contribution in [2.45, 2.75) is 6.92 Å². The average Bonchev–Trinajstić information content (AvgIpc) is 2.16. The van der Waals surface area contributed by atoms with E-state index in [1.54, 1.807) is 0 Å². The summed E-state index contributed by atoms with van der Waals surface area (Å²) < 4.78 is 5.18. The Morgan fingerprint density at radius 1 is 1.38 bits per heavy atom. The van der Waals surface area contributed by atoms with E-state index >= 15 is 0 Å². The summed E-state index contributed by atoms with van der Waals surface area (Å²) in [7, 11) is 0. The fourth-order valence-corrected chi connectivity index (χ4v) is 0.857. The van der Waals surface area contributed by atoms with E-state index in [1.807, 2.05) is 31.2 Å². The minimum absolute atomic E-state index is 0.0336. The van der Waals surface area contributed by atoms with Gasteiger partial charge in [0.1, 0.15) is 12.4 Å². The Morgan fingerprint density at radius 2 is 2.00 bits per heavy atom. The largest absolute Gasteiger partial charge is 0.486 e. The monoisotopic (exact) mass is 179 g/mol. The van der Waals surface area contributed by atoms with Gasteiger partial charge in [-0.15, -0.1) is 0 Å². The van der Waals surface area contributed by atoms with Crippen molar-refractivity contribution >= 4 is 5.78 Å². The predicted molar refractivity (Wildman–Crippen MR) is 50.7 cm³/mol. The second-order valence-corrected chi connectivity index (χ2v) is 2.84. The fourth-order valence-electron chi connectivity index (χ4n) is 0.857. The molecular formula is C10H13NO2. The van der Waals surface area contributed by atoms with E-state index in [9.17, 15) is 4.79 Å². The lowest BCUT2D eigenvalue weighted by Gasteiger charge is -2.03. The molecule has 0 atom stereocenters. The van der Waals surface area contributed by atoms with Crippen LogP contribution in [0.3, 0.4) is 0 Å². The molecule has 0 bridgehead atoms. The van der Waals surface area contributed by atoms with Gasteiger partial charge in [-0.2, -0.15) is 0 Å². The summed E-state index contributed by atoms with van der Waals surface area (Å²) in [5, 5.41) is 0. The van der Waals surface area contributed by atoms with Crippen molar-refractivity contribution in [3.8, 4) is 5.75 Å². The van der Waals surface area contributed by atoms with Gasteiger partial charge in [-0.05, 0) is 19.1 Å². The number of carbonyl (C=O) groups is 1. The molecule has 2 N–H and O–H groups in total. The highest BCUT2D eigenvalue weighted by atomic mass is 16.5. The Hall–Kier alpha value is -1.35. The van der Waals surface area contributed by atoms with Crippen LogP contribution < -0.4 is 10.5 Å². The summed E-state index contributed by atoms with van der Waals surface area (Å²) in [5.74, 6) is 0.605. The van der Waals surface area contributed by atoms with Crippen LogP contribution in [-0.2, 0) is 4.79 Å². The van der Waals surface area contributed by atoms with Crippen LogP contribution in [0, 0.1) is 6.92 Å². The summed E-state index contributed by atoms with van der Waals surface area (Å²) in [6.07, 6.45) is 0. The van der Waals surface area contributed by atoms with Crippen LogP contribution in [0.25, 0.3) is 0 Å². The fraction of sp³-hybridized carbons (Fsp3) is 0.300. The number of hydrogen-bond donors (Lipinski definition) is 1. The van der Waals surface area contributed by atoms with Crippen molar-refractivity contribution in [2.75, 3.05) is 13.2 Å². The van der Waals surface area contributed by atoms with Gasteiger partial charge in [0.2, 0.25) is 0 Å². The molecular weight excluding hydrogens is 166 g/mol. The van der Waals surface area contributed by atoms with Gasteiger partial charge >= 0.3 is 0 Å². The first-order chi connectivity index (χ1) is 6.22. The molecule has 0 fully saturated rings. The van der Waals surface area contributed by atoms with Gasteiger partial charge in [-0.25, -0.2) is 0 Å². The van der Waals surface area contributed by atoms with Gasteiger partial charge < -0.3 is 10.5 Å². The molecule has 1 rings (SSSR count). The molecule has 0 radical (unpaired) electrons. The lowest BCUT2D eigenvalue weighted by molar-refractivity contribution is -0.119. The molecule has 0 unspecified atom stereocenters. The van der Waals surface area contributed by atoms with Crippen LogP contribution in [0.5, 0.6) is 5.75 Å². The standard InChI is InChI=1S/C10H13NO2/c1-8-2-4-10(5-3-8)13-7-9(12)6-11/h2-5H,6-7,11H2,1H3. The molecule has 0 spiro atoms. The number of benzene rings is 1. The lowest BCUT2D eigenvalue weighted by Crippen LogP contribution is -2.20. The van der Waals surface area contributed by atoms with Gasteiger partial charge in [0.25, 0.3) is 0 Å². The van der Waals surface area contributed by atoms with Gasteiger partial charge in [0, 0.05) is 0 Å². The first-order valence-electron chi connectivity index (χ1n) is 4.13. The third kappa shape index (κ3) is 3.25. The second kappa shape index (κ2) is 4.62. The first kappa shape index (κ1) is 9.74. The number of Topliss-reactive ketones (excluding diaryl/α,β-unsaturated/α-hetero) is 1. The number of carbonyl (C=O) groups excluding carboxylic acids is 1. The summed E-state index contributed by atoms with van der Waals surface area (Å²) in [5.41, 5.74) is 6.30. The first-order valence-corrected chi connectivity index (χ1v) is 4.13. The van der Waals surface area contributed by atoms with Crippen molar-refractivity contribution in [3.63, 3.8) is 0 Å². The van der Waals surface area contributed by atoms with E-state index in [-0.39, 0.29) is 18.9 Å². The van der Waals surface area contributed by atoms with Crippen LogP contribution in [0.2, 0.25) is 0 Å². The second-order valence-electron chi connectivity index (χ2n) is 2.84. The molecule has 0 heterocycles. The van der Waals surface area contributed by atoms with E-state index in [0.717, 1.165) is 5.56 Å². The number of rotatable bonds is 4. The molecule has 3 nitrogen and oxygen atoms in total. The Kier molecular flexibility index (Phi) is 3.46. The van der Waals surface area contributed by atoms with Gasteiger partial charge in [-0.3, -0.25) is 4.79 Å². The van der Waals surface area contributed by atoms with Crippen LogP contribution >= 0.6 is 0 Å². The zero-order valence-corrected chi connectivity index (χ0v) is 7.62. The lowest BCUT2D eigenvalue weighted by atomic mass is 10.2. The smallest absolute Gasteiger partial charge is 0.183 e. The van der Waals surface area contributed by atoms with E-state index in [4.69, 9.17) is 10.5 Å². The Bertz CT molecular complexity index is 279. The molecule has 0 aromatic heterocycles. The molecule has 13 heavy (non-hydrogen) atoms. The zero-order chi connectivity index (χ0) is 9.68. The van der Waals surface area contributed by atoms with Gasteiger partial charge in [-0.1, -0.05) is 17.7 Å². The molecule has 1 aromatic carbocycles. The Morgan fingerprint density at radius 3 is 2.54 bits per heavy atom. The quantitative estimate of drug-likeness (QED) is 0.747. The Balaban J connectivity index is 2.46. The highest BCUT2D eigenvalue weighted by Gasteiger charge is 1.99. The molecule has 3 heteroatoms. The summed E-state index contributed by atoms with van der Waals surface area (Å²) in [4.78, 5) is 10.8. The maximum Gasteiger partial charge on any atom is 0.183 e. The number of nitrogens with two attached hydrogens (primary N) is 1. The molecule has 0 aliphatic heterocycles. The third-order valence-corrected chi connectivity index (χ3v) is 1.65. The van der Waals surface area contributed by atoms with Crippen molar-refractivity contribution in [1.82, 2.24) is 0 Å². The molecule has 70 valence electrons. The molecule has 0 aliphatic rings. The van der Waals surface area contributed by atoms with E-state index < -0.39 is 0 Å². The molecule has 0 amide bonds. The predicted octanol–water partition coefficient (Wildman–Crippen LogP) is 0.902. The normalized spacial score (nSPS) is 9.69. The summed E-state index contributed by atoms with van der Waals surface area (Å²) in [6.45, 7) is 2.08. The molecule has 0 aliphatic carbocycles. The zero-order valence-electron chi connectivity index (χ0n) is 7.62. The molecule has 1 aromatic rings. The van der Waals surface area contributed by atoms with Gasteiger partial charge in [0.15, 0.2) is 5.78 Å². The summed E-state index contributed by atoms with van der Waals surface area (Å²) in [6, 6.07) is 7.53. The number of hydrogen-bond acceptors (Lipinski definition) is 3. The number of aryl methyl sites for hydroxylation is 1. The van der Waals surface area contributed by atoms with E-state index in [1.165, 1.54) is 0 Å². The highest BCUT2D eigenvalue weighted by molar-refractivity contribution is 5.81. The summed E-state index contributed by atoms with van der Waals surface area (Å²) >= 11 is 0. The van der Waals surface area contributed by atoms with Crippen molar-refractivity contribution in [3.05, 3.63) is 29.8 Å². The van der Waals surface area contributed by atoms with Crippen molar-refractivity contribution in [2.24, 2.45) is 5.73 Å². The SMILES string of the molecule is Cc1ccc(OCC(=O)CN)cc1. The topological polar surface area (TPSA) is 52.3 Å². The minimum atomic E-state index is -0.0967. The molecule has 0 saturated heterocycles. The van der Waals surface area contributed by atoms with Crippen molar-refractivity contribution in [1.29, 1.82) is 0 Å². The average molecular weight is 179 g/mol. The highest BCUT2D eigenvalue weighted by Crippen LogP contribution is 2.10. The van der Waals surface area contributed by atoms with Crippen LogP contribution in [0.1, 0.15) is 5.56 Å². The number of ketones is 1. The van der Waals surface area contributed by atoms with E-state index in [2.05, 4.69) is 0 Å².